The summed E-state index contributed by atoms with van der Waals surface area (Å²) in [7, 11) is 0. The van der Waals surface area contributed by atoms with E-state index < -0.39 is 0 Å². The topological polar surface area (TPSA) is 55.1 Å². The van der Waals surface area contributed by atoms with E-state index in [9.17, 15) is 4.79 Å². The lowest BCUT2D eigenvalue weighted by Crippen LogP contribution is -2.22. The highest BCUT2D eigenvalue weighted by Crippen LogP contribution is 2.02. The summed E-state index contributed by atoms with van der Waals surface area (Å²) in [5.41, 5.74) is 0. The number of hydrogen-bond acceptors (Lipinski definition) is 3. The van der Waals surface area contributed by atoms with Gasteiger partial charge < -0.3 is 9.73 Å². The maximum absolute atomic E-state index is 11.3. The van der Waals surface area contributed by atoms with Crippen LogP contribution in [0.1, 0.15) is 30.9 Å². The molecule has 0 unspecified atom stereocenters. The van der Waals surface area contributed by atoms with Gasteiger partial charge in [0.05, 0.1) is 12.7 Å². The Morgan fingerprint density at radius 3 is 3.00 bits per heavy atom. The maximum atomic E-state index is 11.3. The first-order valence-corrected chi connectivity index (χ1v) is 6.08. The van der Waals surface area contributed by atoms with Gasteiger partial charge in [0.25, 0.3) is 0 Å². The molecule has 0 saturated heterocycles. The minimum atomic E-state index is 0.0480. The molecular weight excluding hydrogens is 260 g/mol. The van der Waals surface area contributed by atoms with E-state index >= 15 is 0 Å². The second-order valence-electron chi connectivity index (χ2n) is 3.29. The van der Waals surface area contributed by atoms with Gasteiger partial charge in [0.15, 0.2) is 0 Å². The molecule has 1 rings (SSSR count). The number of nitrogens with one attached hydrogen (secondary N) is 1. The van der Waals surface area contributed by atoms with Crippen molar-refractivity contribution in [3.05, 3.63) is 17.8 Å². The van der Waals surface area contributed by atoms with Crippen LogP contribution < -0.4 is 5.32 Å². The average Bonchev–Trinajstić information content (AvgIpc) is 2.62. The molecule has 0 aromatic carbocycles. The molecule has 1 N–H and O–H groups in total. The maximum Gasteiger partial charge on any atom is 0.220 e. The van der Waals surface area contributed by atoms with Crippen LogP contribution in [0.15, 0.2) is 10.6 Å². The molecule has 4 nitrogen and oxygen atoms in total. The molecule has 0 saturated carbocycles. The van der Waals surface area contributed by atoms with Gasteiger partial charge in [-0.1, -0.05) is 15.9 Å². The number of amides is 1. The van der Waals surface area contributed by atoms with E-state index in [2.05, 4.69) is 26.2 Å². The van der Waals surface area contributed by atoms with Crippen molar-refractivity contribution >= 4 is 21.8 Å². The quantitative estimate of drug-likeness (QED) is 0.639. The van der Waals surface area contributed by atoms with Crippen LogP contribution in [0, 0.1) is 6.92 Å². The van der Waals surface area contributed by atoms with Crippen molar-refractivity contribution in [2.45, 2.75) is 32.7 Å². The summed E-state index contributed by atoms with van der Waals surface area (Å²) >= 11 is 3.32. The highest BCUT2D eigenvalue weighted by atomic mass is 79.9. The van der Waals surface area contributed by atoms with E-state index in [0.717, 1.165) is 23.9 Å². The Bertz CT molecular complexity index is 312. The molecule has 1 heterocycles. The molecule has 84 valence electrons. The average molecular weight is 275 g/mol. The van der Waals surface area contributed by atoms with E-state index in [4.69, 9.17) is 4.42 Å². The zero-order valence-corrected chi connectivity index (χ0v) is 10.3. The monoisotopic (exact) mass is 274 g/mol. The van der Waals surface area contributed by atoms with Gasteiger partial charge in [-0.05, 0) is 19.8 Å². The third kappa shape index (κ3) is 4.97. The van der Waals surface area contributed by atoms with Crippen LogP contribution in [0.25, 0.3) is 0 Å². The fourth-order valence-electron chi connectivity index (χ4n) is 1.13. The summed E-state index contributed by atoms with van der Waals surface area (Å²) in [6.45, 7) is 2.20. The summed E-state index contributed by atoms with van der Waals surface area (Å²) in [6, 6.07) is 0. The molecule has 15 heavy (non-hydrogen) atoms. The minimum absolute atomic E-state index is 0.0480. The van der Waals surface area contributed by atoms with Crippen LogP contribution in [0.4, 0.5) is 0 Å². The number of carbonyl (C=O) groups is 1. The fourth-order valence-corrected chi connectivity index (χ4v) is 1.52. The highest BCUT2D eigenvalue weighted by Gasteiger charge is 2.04. The van der Waals surface area contributed by atoms with E-state index in [1.807, 2.05) is 6.92 Å². The fraction of sp³-hybridized carbons (Fsp3) is 0.600. The van der Waals surface area contributed by atoms with E-state index in [1.54, 1.807) is 6.20 Å². The summed E-state index contributed by atoms with van der Waals surface area (Å²) in [5, 5.41) is 3.70. The predicted molar refractivity (Wildman–Crippen MR) is 60.7 cm³/mol. The Hall–Kier alpha value is -0.840. The smallest absolute Gasteiger partial charge is 0.220 e. The summed E-state index contributed by atoms with van der Waals surface area (Å²) in [6.07, 6.45) is 4.13. The number of nitrogens with zero attached hydrogens (tertiary/aromatic N) is 1. The Kier molecular flexibility index (Phi) is 5.39. The number of oxazole rings is 1. The number of aromatic nitrogens is 1. The zero-order chi connectivity index (χ0) is 11.1. The van der Waals surface area contributed by atoms with Crippen LogP contribution in [0.5, 0.6) is 0 Å². The molecular formula is C10H15BrN2O2. The molecule has 0 aliphatic rings. The van der Waals surface area contributed by atoms with Crippen molar-refractivity contribution in [1.29, 1.82) is 0 Å². The Morgan fingerprint density at radius 1 is 1.60 bits per heavy atom. The van der Waals surface area contributed by atoms with Crippen LogP contribution in [0.2, 0.25) is 0 Å². The van der Waals surface area contributed by atoms with Gasteiger partial charge in [0.1, 0.15) is 5.76 Å². The Labute approximate surface area is 97.6 Å². The number of aryl methyl sites for hydroxylation is 1. The van der Waals surface area contributed by atoms with E-state index in [-0.39, 0.29) is 5.91 Å². The van der Waals surface area contributed by atoms with Crippen molar-refractivity contribution < 1.29 is 9.21 Å². The molecule has 1 aromatic rings. The molecule has 1 amide bonds. The molecule has 0 aliphatic carbocycles. The largest absolute Gasteiger partial charge is 0.444 e. The first-order valence-electron chi connectivity index (χ1n) is 4.96. The lowest BCUT2D eigenvalue weighted by atomic mass is 10.2. The van der Waals surface area contributed by atoms with Crippen molar-refractivity contribution in [3.8, 4) is 0 Å². The van der Waals surface area contributed by atoms with Gasteiger partial charge >= 0.3 is 0 Å². The van der Waals surface area contributed by atoms with Gasteiger partial charge in [-0.25, -0.2) is 4.98 Å². The summed E-state index contributed by atoms with van der Waals surface area (Å²) < 4.78 is 5.23. The van der Waals surface area contributed by atoms with Crippen LogP contribution in [-0.2, 0) is 11.3 Å². The van der Waals surface area contributed by atoms with Crippen molar-refractivity contribution in [1.82, 2.24) is 10.3 Å². The third-order valence-electron chi connectivity index (χ3n) is 1.89. The molecule has 0 fully saturated rings. The van der Waals surface area contributed by atoms with Crippen molar-refractivity contribution in [3.63, 3.8) is 0 Å². The van der Waals surface area contributed by atoms with Gasteiger partial charge in [0.2, 0.25) is 11.8 Å². The first-order chi connectivity index (χ1) is 7.22. The lowest BCUT2D eigenvalue weighted by molar-refractivity contribution is -0.121. The number of halogens is 1. The standard InChI is InChI=1S/C10H15BrN2O2/c1-8-6-13-10(15-8)7-12-9(14)4-2-3-5-11/h6H,2-5,7H2,1H3,(H,12,14). The van der Waals surface area contributed by atoms with E-state index in [1.165, 1.54) is 0 Å². The van der Waals surface area contributed by atoms with Gasteiger partial charge in [0, 0.05) is 11.8 Å². The third-order valence-corrected chi connectivity index (χ3v) is 2.45. The molecule has 0 spiro atoms. The number of rotatable bonds is 6. The second kappa shape index (κ2) is 6.61. The number of unbranched alkanes of at least 4 members (excludes halogenated alkanes) is 1. The predicted octanol–water partition coefficient (Wildman–Crippen LogP) is 2.16. The Balaban J connectivity index is 2.16. The normalized spacial score (nSPS) is 10.3. The molecule has 5 heteroatoms. The zero-order valence-electron chi connectivity index (χ0n) is 8.75. The van der Waals surface area contributed by atoms with Gasteiger partial charge in [-0.3, -0.25) is 4.79 Å². The van der Waals surface area contributed by atoms with Crippen molar-refractivity contribution in [2.24, 2.45) is 0 Å². The van der Waals surface area contributed by atoms with Gasteiger partial charge in [-0.2, -0.15) is 0 Å². The Morgan fingerprint density at radius 2 is 2.40 bits per heavy atom. The molecule has 0 bridgehead atoms. The molecule has 0 atom stereocenters. The molecule has 0 aliphatic heterocycles. The lowest BCUT2D eigenvalue weighted by Gasteiger charge is -2.01. The SMILES string of the molecule is Cc1cnc(CNC(=O)CCCCBr)o1. The highest BCUT2D eigenvalue weighted by molar-refractivity contribution is 9.09. The van der Waals surface area contributed by atoms with Gasteiger partial charge in [-0.15, -0.1) is 0 Å². The van der Waals surface area contributed by atoms with Crippen molar-refractivity contribution in [2.75, 3.05) is 5.33 Å². The number of carbonyl (C=O) groups excluding carboxylic acids is 1. The number of hydrogen-bond donors (Lipinski definition) is 1. The van der Waals surface area contributed by atoms with Crippen LogP contribution in [0.3, 0.4) is 0 Å². The molecule has 1 aromatic heterocycles. The molecule has 0 radical (unpaired) electrons. The number of alkyl halides is 1. The van der Waals surface area contributed by atoms with Crippen LogP contribution >= 0.6 is 15.9 Å². The summed E-state index contributed by atoms with van der Waals surface area (Å²) in [5.74, 6) is 1.37. The van der Waals surface area contributed by atoms with Crippen LogP contribution in [-0.4, -0.2) is 16.2 Å². The van der Waals surface area contributed by atoms with E-state index in [0.29, 0.717) is 18.9 Å². The minimum Gasteiger partial charge on any atom is -0.444 e. The second-order valence-corrected chi connectivity index (χ2v) is 4.08. The first kappa shape index (κ1) is 12.2. The summed E-state index contributed by atoms with van der Waals surface area (Å²) in [4.78, 5) is 15.3.